The number of ether oxygens (including phenoxy) is 1. The van der Waals surface area contributed by atoms with E-state index in [1.807, 2.05) is 0 Å². The van der Waals surface area contributed by atoms with E-state index < -0.39 is 0 Å². The van der Waals surface area contributed by atoms with Crippen LogP contribution in [0.25, 0.3) is 0 Å². The van der Waals surface area contributed by atoms with Gasteiger partial charge >= 0.3 is 0 Å². The Morgan fingerprint density at radius 1 is 1.19 bits per heavy atom. The molecule has 1 aromatic heterocycles. The number of pyridine rings is 1. The van der Waals surface area contributed by atoms with Gasteiger partial charge in [-0.1, -0.05) is 12.1 Å². The van der Waals surface area contributed by atoms with Crippen LogP contribution in [-0.2, 0) is 6.54 Å². The molecule has 1 aromatic carbocycles. The Bertz CT molecular complexity index is 743. The first-order valence-electron chi connectivity index (χ1n) is 6.36. The minimum Gasteiger partial charge on any atom is -0.481 e. The number of carbonyl (C=O) groups excluding carboxylic acids is 2. The number of anilines is 1. The van der Waals surface area contributed by atoms with E-state index in [-0.39, 0.29) is 23.9 Å². The smallest absolute Gasteiger partial charge is 0.263 e. The highest BCUT2D eigenvalue weighted by Gasteiger charge is 2.37. The number of fused-ring (bicyclic) bond motifs is 1. The predicted octanol–water partition coefficient (Wildman–Crippen LogP) is 1.47. The second-order valence-electron chi connectivity index (χ2n) is 4.64. The second-order valence-corrected chi connectivity index (χ2v) is 4.64. The molecule has 0 saturated heterocycles. The largest absolute Gasteiger partial charge is 0.481 e. The molecule has 2 aromatic rings. The van der Waals surface area contributed by atoms with Gasteiger partial charge in [0.15, 0.2) is 0 Å². The Kier molecular flexibility index (Phi) is 3.06. The summed E-state index contributed by atoms with van der Waals surface area (Å²) in [4.78, 5) is 30.0. The topological polar surface area (TPSA) is 85.5 Å². The number of benzene rings is 1. The van der Waals surface area contributed by atoms with Gasteiger partial charge in [0.25, 0.3) is 11.8 Å². The van der Waals surface area contributed by atoms with Crippen molar-refractivity contribution < 1.29 is 14.3 Å². The molecule has 2 amide bonds. The van der Waals surface area contributed by atoms with Gasteiger partial charge in [0.2, 0.25) is 5.88 Å². The molecule has 0 spiro atoms. The highest BCUT2D eigenvalue weighted by atomic mass is 16.5. The number of nitrogens with zero attached hydrogens (tertiary/aromatic N) is 2. The number of carbonyl (C=O) groups is 2. The molecular formula is C15H13N3O3. The van der Waals surface area contributed by atoms with E-state index in [2.05, 4.69) is 4.98 Å². The molecule has 0 atom stereocenters. The van der Waals surface area contributed by atoms with Crippen molar-refractivity contribution in [3.63, 3.8) is 0 Å². The number of nitrogen functional groups attached to an aromatic ring is 1. The number of aromatic nitrogens is 1. The Hall–Kier alpha value is -2.89. The Labute approximate surface area is 121 Å². The highest BCUT2D eigenvalue weighted by Crippen LogP contribution is 2.29. The zero-order valence-electron chi connectivity index (χ0n) is 11.4. The predicted molar refractivity (Wildman–Crippen MR) is 75.8 cm³/mol. The van der Waals surface area contributed by atoms with Crippen molar-refractivity contribution in [2.24, 2.45) is 0 Å². The maximum absolute atomic E-state index is 12.4. The number of methoxy groups -OCH3 is 1. The summed E-state index contributed by atoms with van der Waals surface area (Å²) in [7, 11) is 1.49. The molecule has 0 fully saturated rings. The van der Waals surface area contributed by atoms with E-state index >= 15 is 0 Å². The summed E-state index contributed by atoms with van der Waals surface area (Å²) in [6.45, 7) is 0.1000. The third kappa shape index (κ3) is 2.01. The first-order chi connectivity index (χ1) is 10.1. The molecule has 0 aliphatic carbocycles. The fraction of sp³-hybridized carbons (Fsp3) is 0.133. The molecule has 21 heavy (non-hydrogen) atoms. The highest BCUT2D eigenvalue weighted by molar-refractivity contribution is 6.23. The van der Waals surface area contributed by atoms with E-state index in [1.165, 1.54) is 7.11 Å². The third-order valence-electron chi connectivity index (χ3n) is 3.40. The molecular weight excluding hydrogens is 270 g/mol. The van der Waals surface area contributed by atoms with Crippen LogP contribution >= 0.6 is 0 Å². The van der Waals surface area contributed by atoms with Gasteiger partial charge in [-0.2, -0.15) is 0 Å². The summed E-state index contributed by atoms with van der Waals surface area (Å²) in [5, 5.41) is 0. The first-order valence-corrected chi connectivity index (χ1v) is 6.36. The van der Waals surface area contributed by atoms with Crippen molar-refractivity contribution in [3.05, 3.63) is 53.2 Å². The van der Waals surface area contributed by atoms with Crippen molar-refractivity contribution in [3.8, 4) is 5.88 Å². The van der Waals surface area contributed by atoms with E-state index in [0.717, 1.165) is 4.90 Å². The van der Waals surface area contributed by atoms with E-state index in [4.69, 9.17) is 10.5 Å². The zero-order chi connectivity index (χ0) is 15.0. The fourth-order valence-corrected chi connectivity index (χ4v) is 2.40. The number of amides is 2. The summed E-state index contributed by atoms with van der Waals surface area (Å²) in [6.07, 6.45) is 1.59. The number of rotatable bonds is 3. The minimum absolute atomic E-state index is 0.1000. The number of imide groups is 1. The molecule has 1 aliphatic rings. The van der Waals surface area contributed by atoms with Crippen LogP contribution in [0.15, 0.2) is 36.5 Å². The number of nitrogens with two attached hydrogens (primary N) is 1. The van der Waals surface area contributed by atoms with Crippen LogP contribution < -0.4 is 10.5 Å². The van der Waals surface area contributed by atoms with Crippen molar-refractivity contribution >= 4 is 17.5 Å². The molecule has 0 bridgehead atoms. The first kappa shape index (κ1) is 13.1. The lowest BCUT2D eigenvalue weighted by Gasteiger charge is -2.15. The molecule has 106 valence electrons. The van der Waals surface area contributed by atoms with Crippen LogP contribution in [0.4, 0.5) is 5.69 Å². The van der Waals surface area contributed by atoms with Crippen molar-refractivity contribution in [1.82, 2.24) is 9.88 Å². The Balaban J connectivity index is 1.97. The Morgan fingerprint density at radius 2 is 2.00 bits per heavy atom. The molecule has 6 nitrogen and oxygen atoms in total. The van der Waals surface area contributed by atoms with Crippen LogP contribution in [0.2, 0.25) is 0 Å². The lowest BCUT2D eigenvalue weighted by molar-refractivity contribution is 0.0641. The maximum atomic E-state index is 12.4. The average molecular weight is 283 g/mol. The van der Waals surface area contributed by atoms with Crippen LogP contribution in [0, 0.1) is 0 Å². The van der Waals surface area contributed by atoms with Gasteiger partial charge in [-0.25, -0.2) is 4.98 Å². The van der Waals surface area contributed by atoms with E-state index in [1.54, 1.807) is 36.5 Å². The van der Waals surface area contributed by atoms with Gasteiger partial charge in [-0.05, 0) is 18.2 Å². The van der Waals surface area contributed by atoms with Gasteiger partial charge in [0.05, 0.1) is 24.8 Å². The van der Waals surface area contributed by atoms with Crippen LogP contribution in [0.5, 0.6) is 5.88 Å². The normalized spacial score (nSPS) is 13.5. The summed E-state index contributed by atoms with van der Waals surface area (Å²) in [6, 6.07) is 8.36. The molecule has 2 N–H and O–H groups in total. The van der Waals surface area contributed by atoms with E-state index in [0.29, 0.717) is 22.7 Å². The lowest BCUT2D eigenvalue weighted by Crippen LogP contribution is -2.29. The molecule has 2 heterocycles. The van der Waals surface area contributed by atoms with Crippen LogP contribution in [0.3, 0.4) is 0 Å². The molecule has 6 heteroatoms. The van der Waals surface area contributed by atoms with Crippen LogP contribution in [0.1, 0.15) is 26.3 Å². The molecule has 0 unspecified atom stereocenters. The summed E-state index contributed by atoms with van der Waals surface area (Å²) in [5.41, 5.74) is 7.38. The molecule has 0 saturated carbocycles. The van der Waals surface area contributed by atoms with E-state index in [9.17, 15) is 9.59 Å². The average Bonchev–Trinajstić information content (AvgIpc) is 2.74. The SMILES string of the molecule is COc1ncccc1CN1C(=O)c2cccc(N)c2C1=O. The van der Waals surface area contributed by atoms with Gasteiger partial charge in [-0.3, -0.25) is 14.5 Å². The van der Waals surface area contributed by atoms with Crippen molar-refractivity contribution in [2.45, 2.75) is 6.54 Å². The summed E-state index contributed by atoms with van der Waals surface area (Å²) >= 11 is 0. The van der Waals surface area contributed by atoms with Crippen LogP contribution in [-0.4, -0.2) is 28.8 Å². The van der Waals surface area contributed by atoms with Gasteiger partial charge in [0.1, 0.15) is 0 Å². The van der Waals surface area contributed by atoms with Gasteiger partial charge in [0, 0.05) is 17.4 Å². The number of hydrogen-bond donors (Lipinski definition) is 1. The third-order valence-corrected chi connectivity index (χ3v) is 3.40. The zero-order valence-corrected chi connectivity index (χ0v) is 11.4. The Morgan fingerprint density at radius 3 is 2.71 bits per heavy atom. The monoisotopic (exact) mass is 283 g/mol. The van der Waals surface area contributed by atoms with Crippen molar-refractivity contribution in [2.75, 3.05) is 12.8 Å². The van der Waals surface area contributed by atoms with Crippen molar-refractivity contribution in [1.29, 1.82) is 0 Å². The second kappa shape index (κ2) is 4.90. The van der Waals surface area contributed by atoms with Gasteiger partial charge in [-0.15, -0.1) is 0 Å². The quantitative estimate of drug-likeness (QED) is 0.681. The fourth-order valence-electron chi connectivity index (χ4n) is 2.40. The standard InChI is InChI=1S/C15H13N3O3/c1-21-13-9(4-3-7-17-13)8-18-14(19)10-5-2-6-11(16)12(10)15(18)20/h2-7H,8,16H2,1H3. The summed E-state index contributed by atoms with van der Waals surface area (Å²) < 4.78 is 5.14. The molecule has 3 rings (SSSR count). The molecule has 1 aliphatic heterocycles. The number of hydrogen-bond acceptors (Lipinski definition) is 5. The maximum Gasteiger partial charge on any atom is 0.263 e. The summed E-state index contributed by atoms with van der Waals surface area (Å²) in [5.74, 6) is -0.353. The molecule has 0 radical (unpaired) electrons. The van der Waals surface area contributed by atoms with Gasteiger partial charge < -0.3 is 10.5 Å². The minimum atomic E-state index is -0.390. The lowest BCUT2D eigenvalue weighted by atomic mass is 10.1.